The molecule has 1 aliphatic rings. The van der Waals surface area contributed by atoms with Crippen LogP contribution in [0.1, 0.15) is 18.4 Å². The predicted octanol–water partition coefficient (Wildman–Crippen LogP) is 1.50. The molecule has 1 aliphatic heterocycles. The first-order valence-corrected chi connectivity index (χ1v) is 12.2. The number of nitrogens with one attached hydrogen (secondary N) is 1. The van der Waals surface area contributed by atoms with Crippen molar-refractivity contribution in [3.05, 3.63) is 60.2 Å². The first-order chi connectivity index (χ1) is 13.3. The van der Waals surface area contributed by atoms with Gasteiger partial charge >= 0.3 is 0 Å². The number of hydrogen-bond donors (Lipinski definition) is 2. The van der Waals surface area contributed by atoms with Gasteiger partial charge in [-0.25, -0.2) is 21.6 Å². The zero-order valence-electron chi connectivity index (χ0n) is 15.4. The van der Waals surface area contributed by atoms with E-state index in [0.717, 1.165) is 12.0 Å². The van der Waals surface area contributed by atoms with Gasteiger partial charge in [0.1, 0.15) is 0 Å². The SMILES string of the molecule is O=S(=O)(NC[C@@H](O)Cc1ccccc1)c1ccc(N2CCCCS2(=O)=O)cc1. The Kier molecular flexibility index (Phi) is 6.39. The maximum atomic E-state index is 12.4. The van der Waals surface area contributed by atoms with Gasteiger partial charge in [-0.2, -0.15) is 0 Å². The number of benzene rings is 2. The van der Waals surface area contributed by atoms with Crippen LogP contribution in [0, 0.1) is 0 Å². The average molecular weight is 425 g/mol. The van der Waals surface area contributed by atoms with E-state index in [4.69, 9.17) is 0 Å². The van der Waals surface area contributed by atoms with Gasteiger partial charge in [-0.3, -0.25) is 4.31 Å². The summed E-state index contributed by atoms with van der Waals surface area (Å²) in [5.74, 6) is 0.105. The van der Waals surface area contributed by atoms with Crippen LogP contribution in [0.5, 0.6) is 0 Å². The molecule has 1 fully saturated rings. The van der Waals surface area contributed by atoms with Crippen LogP contribution in [-0.4, -0.2) is 46.9 Å². The van der Waals surface area contributed by atoms with Crippen molar-refractivity contribution >= 4 is 25.7 Å². The molecule has 0 spiro atoms. The third-order valence-electron chi connectivity index (χ3n) is 4.61. The van der Waals surface area contributed by atoms with E-state index in [0.29, 0.717) is 25.1 Å². The molecule has 2 aromatic rings. The monoisotopic (exact) mass is 424 g/mol. The Balaban J connectivity index is 1.63. The van der Waals surface area contributed by atoms with Gasteiger partial charge in [0.2, 0.25) is 20.0 Å². The van der Waals surface area contributed by atoms with Gasteiger partial charge in [0.25, 0.3) is 0 Å². The van der Waals surface area contributed by atoms with E-state index in [2.05, 4.69) is 4.72 Å². The standard InChI is InChI=1S/C19H24N2O5S2/c22-18(14-16-6-2-1-3-7-16)15-20-28(25,26)19-10-8-17(9-11-19)21-12-4-5-13-27(21,23)24/h1-3,6-11,18,20,22H,4-5,12-15H2/t18-/m0/s1. The lowest BCUT2D eigenvalue weighted by Gasteiger charge is -2.28. The number of rotatable bonds is 7. The molecule has 0 radical (unpaired) electrons. The molecule has 1 heterocycles. The molecule has 2 aromatic carbocycles. The van der Waals surface area contributed by atoms with Gasteiger partial charge in [0.15, 0.2) is 0 Å². The maximum Gasteiger partial charge on any atom is 0.240 e. The van der Waals surface area contributed by atoms with Gasteiger partial charge in [-0.15, -0.1) is 0 Å². The number of aliphatic hydroxyl groups excluding tert-OH is 1. The molecule has 0 bridgehead atoms. The molecule has 2 N–H and O–H groups in total. The Hall–Kier alpha value is -1.94. The Morgan fingerprint density at radius 1 is 1.04 bits per heavy atom. The molecule has 1 saturated heterocycles. The lowest BCUT2D eigenvalue weighted by Crippen LogP contribution is -2.37. The Bertz CT molecular complexity index is 990. The van der Waals surface area contributed by atoms with E-state index in [1.54, 1.807) is 0 Å². The molecule has 0 unspecified atom stereocenters. The molecule has 1 atom stereocenters. The highest BCUT2D eigenvalue weighted by Gasteiger charge is 2.26. The van der Waals surface area contributed by atoms with Crippen LogP contribution in [0.3, 0.4) is 0 Å². The molecule has 28 heavy (non-hydrogen) atoms. The summed E-state index contributed by atoms with van der Waals surface area (Å²) >= 11 is 0. The minimum Gasteiger partial charge on any atom is -0.391 e. The lowest BCUT2D eigenvalue weighted by molar-refractivity contribution is 0.179. The van der Waals surface area contributed by atoms with E-state index >= 15 is 0 Å². The zero-order valence-corrected chi connectivity index (χ0v) is 17.0. The first kappa shape index (κ1) is 20.8. The third-order valence-corrected chi connectivity index (χ3v) is 7.92. The fraction of sp³-hybridized carbons (Fsp3) is 0.368. The molecule has 7 nitrogen and oxygen atoms in total. The smallest absolute Gasteiger partial charge is 0.240 e. The van der Waals surface area contributed by atoms with Gasteiger partial charge < -0.3 is 5.11 Å². The van der Waals surface area contributed by atoms with Crippen molar-refractivity contribution in [2.45, 2.75) is 30.3 Å². The van der Waals surface area contributed by atoms with Crippen LogP contribution in [0.4, 0.5) is 5.69 Å². The van der Waals surface area contributed by atoms with E-state index in [1.165, 1.54) is 28.6 Å². The number of nitrogens with zero attached hydrogens (tertiary/aromatic N) is 1. The quantitative estimate of drug-likeness (QED) is 0.701. The van der Waals surface area contributed by atoms with Crippen molar-refractivity contribution in [1.82, 2.24) is 4.72 Å². The summed E-state index contributed by atoms with van der Waals surface area (Å²) in [6.45, 7) is 0.290. The van der Waals surface area contributed by atoms with Gasteiger partial charge in [0.05, 0.1) is 22.4 Å². The second-order valence-corrected chi connectivity index (χ2v) is 10.6. The van der Waals surface area contributed by atoms with Crippen molar-refractivity contribution in [3.63, 3.8) is 0 Å². The summed E-state index contributed by atoms with van der Waals surface area (Å²) in [5.41, 5.74) is 1.38. The van der Waals surface area contributed by atoms with Crippen molar-refractivity contribution in [1.29, 1.82) is 0 Å². The van der Waals surface area contributed by atoms with Gasteiger partial charge in [-0.1, -0.05) is 30.3 Å². The predicted molar refractivity (Wildman–Crippen MR) is 108 cm³/mol. The van der Waals surface area contributed by atoms with Crippen molar-refractivity contribution in [2.24, 2.45) is 0 Å². The lowest BCUT2D eigenvalue weighted by atomic mass is 10.1. The van der Waals surface area contributed by atoms with Crippen LogP contribution in [0.25, 0.3) is 0 Å². The normalized spacial score (nSPS) is 18.0. The summed E-state index contributed by atoms with van der Waals surface area (Å²) in [5, 5.41) is 10.1. The fourth-order valence-electron chi connectivity index (χ4n) is 3.12. The highest BCUT2D eigenvalue weighted by Crippen LogP contribution is 2.24. The summed E-state index contributed by atoms with van der Waals surface area (Å²) in [4.78, 5) is 0.0255. The minimum absolute atomic E-state index is 0.0255. The maximum absolute atomic E-state index is 12.4. The molecule has 0 saturated carbocycles. The zero-order chi connectivity index (χ0) is 20.2. The Morgan fingerprint density at radius 3 is 2.36 bits per heavy atom. The topological polar surface area (TPSA) is 104 Å². The fourth-order valence-corrected chi connectivity index (χ4v) is 5.83. The number of aliphatic hydroxyl groups is 1. The largest absolute Gasteiger partial charge is 0.391 e. The number of hydrogen-bond acceptors (Lipinski definition) is 5. The summed E-state index contributed by atoms with van der Waals surface area (Å²) in [7, 11) is -7.14. The minimum atomic E-state index is -3.80. The number of sulfonamides is 2. The summed E-state index contributed by atoms with van der Waals surface area (Å²) < 4.78 is 52.9. The molecular formula is C19H24N2O5S2. The molecule has 0 aromatic heterocycles. The van der Waals surface area contributed by atoms with Crippen LogP contribution < -0.4 is 9.03 Å². The summed E-state index contributed by atoms with van der Waals surface area (Å²) in [6, 6.07) is 15.1. The molecule has 3 rings (SSSR count). The van der Waals surface area contributed by atoms with Crippen LogP contribution in [0.15, 0.2) is 59.5 Å². The molecule has 0 aliphatic carbocycles. The summed E-state index contributed by atoms with van der Waals surface area (Å²) in [6.07, 6.45) is 0.908. The van der Waals surface area contributed by atoms with Crippen molar-refractivity contribution < 1.29 is 21.9 Å². The van der Waals surface area contributed by atoms with Crippen LogP contribution in [-0.2, 0) is 26.5 Å². The highest BCUT2D eigenvalue weighted by atomic mass is 32.2. The Morgan fingerprint density at radius 2 is 1.71 bits per heavy atom. The van der Waals surface area contributed by atoms with E-state index in [9.17, 15) is 21.9 Å². The van der Waals surface area contributed by atoms with Crippen molar-refractivity contribution in [3.8, 4) is 0 Å². The third kappa shape index (κ3) is 5.11. The Labute approximate surface area is 166 Å². The van der Waals surface area contributed by atoms with E-state index in [-0.39, 0.29) is 17.2 Å². The first-order valence-electron chi connectivity index (χ1n) is 9.10. The van der Waals surface area contributed by atoms with Crippen LogP contribution >= 0.6 is 0 Å². The second kappa shape index (κ2) is 8.60. The van der Waals surface area contributed by atoms with Crippen LogP contribution in [0.2, 0.25) is 0 Å². The van der Waals surface area contributed by atoms with Gasteiger partial charge in [-0.05, 0) is 49.1 Å². The average Bonchev–Trinajstić information content (AvgIpc) is 2.67. The van der Waals surface area contributed by atoms with Crippen molar-refractivity contribution in [2.75, 3.05) is 23.1 Å². The van der Waals surface area contributed by atoms with E-state index in [1.807, 2.05) is 30.3 Å². The van der Waals surface area contributed by atoms with Gasteiger partial charge in [0, 0.05) is 13.1 Å². The molecule has 9 heteroatoms. The highest BCUT2D eigenvalue weighted by molar-refractivity contribution is 7.92. The second-order valence-electron chi connectivity index (χ2n) is 6.78. The molecule has 0 amide bonds. The van der Waals surface area contributed by atoms with E-state index < -0.39 is 26.2 Å². The number of anilines is 1. The molecular weight excluding hydrogens is 400 g/mol. The molecule has 152 valence electrons.